The lowest BCUT2D eigenvalue weighted by Crippen LogP contribution is -2.37. The Bertz CT molecular complexity index is 273. The lowest BCUT2D eigenvalue weighted by molar-refractivity contribution is 0.163. The van der Waals surface area contributed by atoms with Gasteiger partial charge in [-0.25, -0.2) is 0 Å². The first-order chi connectivity index (χ1) is 7.65. The zero-order valence-corrected chi connectivity index (χ0v) is 10.6. The fraction of sp³-hybridized carbons (Fsp3) is 0.667. The van der Waals surface area contributed by atoms with Gasteiger partial charge >= 0.3 is 0 Å². The van der Waals surface area contributed by atoms with Gasteiger partial charge < -0.3 is 14.5 Å². The molecule has 0 fully saturated rings. The van der Waals surface area contributed by atoms with Crippen LogP contribution in [0.5, 0.6) is 0 Å². The predicted molar refractivity (Wildman–Crippen MR) is 64.5 cm³/mol. The number of nitrogens with zero attached hydrogens (tertiary/aromatic N) is 1. The van der Waals surface area contributed by atoms with Crippen molar-refractivity contribution in [3.05, 3.63) is 24.2 Å². The number of hydrogen-bond acceptors (Lipinski definition) is 4. The summed E-state index contributed by atoms with van der Waals surface area (Å²) in [6.45, 7) is 3.68. The molecule has 1 rings (SSSR count). The van der Waals surface area contributed by atoms with Gasteiger partial charge in [-0.3, -0.25) is 4.90 Å². The van der Waals surface area contributed by atoms with E-state index in [9.17, 15) is 0 Å². The Hall–Kier alpha value is -0.840. The third-order valence-electron chi connectivity index (χ3n) is 2.57. The first kappa shape index (κ1) is 13.2. The van der Waals surface area contributed by atoms with E-state index in [1.54, 1.807) is 13.4 Å². The van der Waals surface area contributed by atoms with Crippen LogP contribution in [0, 0.1) is 0 Å². The highest BCUT2D eigenvalue weighted by Gasteiger charge is 2.17. The topological polar surface area (TPSA) is 37.6 Å². The van der Waals surface area contributed by atoms with Crippen LogP contribution in [0.4, 0.5) is 0 Å². The summed E-state index contributed by atoms with van der Waals surface area (Å²) in [6.07, 6.45) is 1.71. The molecule has 0 saturated carbocycles. The molecule has 92 valence electrons. The van der Waals surface area contributed by atoms with Crippen LogP contribution < -0.4 is 5.32 Å². The standard InChI is InChI=1S/C12H22N2O2/c1-10(9-15-4)13-8-11(14(2)3)12-6-5-7-16-12/h5-7,10-11,13H,8-9H2,1-4H3. The Morgan fingerprint density at radius 2 is 2.25 bits per heavy atom. The van der Waals surface area contributed by atoms with Crippen molar-refractivity contribution >= 4 is 0 Å². The van der Waals surface area contributed by atoms with E-state index in [1.807, 2.05) is 12.1 Å². The smallest absolute Gasteiger partial charge is 0.122 e. The number of nitrogens with one attached hydrogen (secondary N) is 1. The maximum Gasteiger partial charge on any atom is 0.122 e. The minimum absolute atomic E-state index is 0.259. The van der Waals surface area contributed by atoms with Crippen molar-refractivity contribution in [3.8, 4) is 0 Å². The zero-order valence-electron chi connectivity index (χ0n) is 10.6. The van der Waals surface area contributed by atoms with E-state index < -0.39 is 0 Å². The van der Waals surface area contributed by atoms with E-state index in [2.05, 4.69) is 31.2 Å². The Morgan fingerprint density at radius 3 is 2.75 bits per heavy atom. The molecule has 0 aliphatic rings. The van der Waals surface area contributed by atoms with E-state index in [-0.39, 0.29) is 6.04 Å². The summed E-state index contributed by atoms with van der Waals surface area (Å²) in [6, 6.07) is 4.54. The average molecular weight is 226 g/mol. The van der Waals surface area contributed by atoms with Crippen molar-refractivity contribution < 1.29 is 9.15 Å². The fourth-order valence-electron chi connectivity index (χ4n) is 1.64. The number of hydrogen-bond donors (Lipinski definition) is 1. The largest absolute Gasteiger partial charge is 0.468 e. The number of likely N-dealkylation sites (N-methyl/N-ethyl adjacent to an activating group) is 1. The van der Waals surface area contributed by atoms with Crippen molar-refractivity contribution in [1.29, 1.82) is 0 Å². The summed E-state index contributed by atoms with van der Waals surface area (Å²) in [5.74, 6) is 0.988. The van der Waals surface area contributed by atoms with Crippen molar-refractivity contribution in [1.82, 2.24) is 10.2 Å². The first-order valence-electron chi connectivity index (χ1n) is 5.57. The van der Waals surface area contributed by atoms with Gasteiger partial charge in [0.05, 0.1) is 18.9 Å². The zero-order chi connectivity index (χ0) is 12.0. The molecule has 0 bridgehead atoms. The van der Waals surface area contributed by atoms with Gasteiger partial charge in [0, 0.05) is 19.7 Å². The Labute approximate surface area is 97.6 Å². The van der Waals surface area contributed by atoms with Crippen LogP contribution in [0.1, 0.15) is 18.7 Å². The van der Waals surface area contributed by atoms with E-state index in [0.717, 1.165) is 18.9 Å². The molecule has 1 heterocycles. The summed E-state index contributed by atoms with van der Waals surface area (Å²) >= 11 is 0. The minimum Gasteiger partial charge on any atom is -0.468 e. The van der Waals surface area contributed by atoms with Crippen LogP contribution in [0.2, 0.25) is 0 Å². The Balaban J connectivity index is 2.47. The fourth-order valence-corrected chi connectivity index (χ4v) is 1.64. The highest BCUT2D eigenvalue weighted by molar-refractivity contribution is 5.05. The van der Waals surface area contributed by atoms with Gasteiger partial charge in [-0.15, -0.1) is 0 Å². The van der Waals surface area contributed by atoms with Gasteiger partial charge in [-0.05, 0) is 33.2 Å². The van der Waals surface area contributed by atoms with Crippen molar-refractivity contribution in [3.63, 3.8) is 0 Å². The molecule has 0 amide bonds. The van der Waals surface area contributed by atoms with Crippen LogP contribution in [0.3, 0.4) is 0 Å². The van der Waals surface area contributed by atoms with Crippen LogP contribution in [0.25, 0.3) is 0 Å². The van der Waals surface area contributed by atoms with Crippen LogP contribution in [-0.4, -0.2) is 45.3 Å². The van der Waals surface area contributed by atoms with Gasteiger partial charge in [0.1, 0.15) is 5.76 Å². The molecule has 1 aromatic heterocycles. The normalized spacial score (nSPS) is 15.3. The van der Waals surface area contributed by atoms with E-state index in [0.29, 0.717) is 6.04 Å². The predicted octanol–water partition coefficient (Wildman–Crippen LogP) is 1.51. The Morgan fingerprint density at radius 1 is 1.50 bits per heavy atom. The molecule has 4 heteroatoms. The summed E-state index contributed by atoms with van der Waals surface area (Å²) in [7, 11) is 5.82. The third kappa shape index (κ3) is 3.96. The molecule has 0 radical (unpaired) electrons. The van der Waals surface area contributed by atoms with Gasteiger partial charge in [0.2, 0.25) is 0 Å². The second kappa shape index (κ2) is 6.68. The second-order valence-electron chi connectivity index (χ2n) is 4.26. The average Bonchev–Trinajstić information content (AvgIpc) is 2.71. The number of methoxy groups -OCH3 is 1. The lowest BCUT2D eigenvalue weighted by Gasteiger charge is -2.24. The lowest BCUT2D eigenvalue weighted by atomic mass is 10.2. The quantitative estimate of drug-likeness (QED) is 0.764. The maximum absolute atomic E-state index is 5.44. The molecule has 4 nitrogen and oxygen atoms in total. The summed E-state index contributed by atoms with van der Waals surface area (Å²) in [5, 5.41) is 3.43. The molecular weight excluding hydrogens is 204 g/mol. The molecule has 2 atom stereocenters. The summed E-state index contributed by atoms with van der Waals surface area (Å²) in [5.41, 5.74) is 0. The second-order valence-corrected chi connectivity index (χ2v) is 4.26. The molecule has 0 aromatic carbocycles. The molecule has 0 aliphatic carbocycles. The maximum atomic E-state index is 5.44. The first-order valence-corrected chi connectivity index (χ1v) is 5.57. The monoisotopic (exact) mass is 226 g/mol. The van der Waals surface area contributed by atoms with Gasteiger partial charge in [-0.1, -0.05) is 0 Å². The summed E-state index contributed by atoms with van der Waals surface area (Å²) < 4.78 is 10.5. The van der Waals surface area contributed by atoms with E-state index >= 15 is 0 Å². The van der Waals surface area contributed by atoms with Crippen molar-refractivity contribution in [2.45, 2.75) is 19.0 Å². The minimum atomic E-state index is 0.259. The highest BCUT2D eigenvalue weighted by atomic mass is 16.5. The van der Waals surface area contributed by atoms with Gasteiger partial charge in [-0.2, -0.15) is 0 Å². The van der Waals surface area contributed by atoms with Gasteiger partial charge in [0.25, 0.3) is 0 Å². The SMILES string of the molecule is COCC(C)NCC(c1ccco1)N(C)C. The molecule has 2 unspecified atom stereocenters. The number of ether oxygens (including phenoxy) is 1. The third-order valence-corrected chi connectivity index (χ3v) is 2.57. The van der Waals surface area contributed by atoms with Crippen LogP contribution in [0.15, 0.2) is 22.8 Å². The summed E-state index contributed by atoms with van der Waals surface area (Å²) in [4.78, 5) is 2.14. The van der Waals surface area contributed by atoms with E-state index in [1.165, 1.54) is 0 Å². The molecular formula is C12H22N2O2. The molecule has 16 heavy (non-hydrogen) atoms. The van der Waals surface area contributed by atoms with Crippen molar-refractivity contribution in [2.75, 3.05) is 34.4 Å². The van der Waals surface area contributed by atoms with Crippen LogP contribution in [-0.2, 0) is 4.74 Å². The number of rotatable bonds is 7. The Kier molecular flexibility index (Phi) is 5.52. The molecule has 1 aromatic rings. The van der Waals surface area contributed by atoms with Gasteiger partial charge in [0.15, 0.2) is 0 Å². The molecule has 0 saturated heterocycles. The highest BCUT2D eigenvalue weighted by Crippen LogP contribution is 2.17. The van der Waals surface area contributed by atoms with Crippen molar-refractivity contribution in [2.24, 2.45) is 0 Å². The number of furan rings is 1. The molecule has 0 spiro atoms. The van der Waals surface area contributed by atoms with Crippen LogP contribution >= 0.6 is 0 Å². The van der Waals surface area contributed by atoms with E-state index in [4.69, 9.17) is 9.15 Å². The molecule has 0 aliphatic heterocycles. The molecule has 1 N–H and O–H groups in total.